The molecule has 0 saturated heterocycles. The quantitative estimate of drug-likeness (QED) is 0.588. The number of nitrogens with zero attached hydrogens (tertiary/aromatic N) is 3. The number of aromatic amines is 1. The highest BCUT2D eigenvalue weighted by Gasteiger charge is 2.14. The number of benzene rings is 1. The second-order valence-corrected chi connectivity index (χ2v) is 7.17. The Kier molecular flexibility index (Phi) is 3.95. The van der Waals surface area contributed by atoms with Crippen molar-refractivity contribution in [3.8, 4) is 17.1 Å². The average Bonchev–Trinajstić information content (AvgIpc) is 3.28. The van der Waals surface area contributed by atoms with Gasteiger partial charge in [0, 0.05) is 23.3 Å². The summed E-state index contributed by atoms with van der Waals surface area (Å²) in [5.41, 5.74) is 3.05. The first kappa shape index (κ1) is 16.3. The Hall–Kier alpha value is -3.15. The van der Waals surface area contributed by atoms with Crippen LogP contribution in [0.5, 0.6) is 5.75 Å². The van der Waals surface area contributed by atoms with Crippen LogP contribution in [0.4, 0.5) is 0 Å². The molecule has 0 bridgehead atoms. The van der Waals surface area contributed by atoms with Crippen LogP contribution in [0.1, 0.15) is 32.2 Å². The molecular formula is C20H20N4O2. The molecule has 0 spiro atoms. The molecule has 0 saturated carbocycles. The van der Waals surface area contributed by atoms with Gasteiger partial charge >= 0.3 is 0 Å². The van der Waals surface area contributed by atoms with Crippen LogP contribution in [0.2, 0.25) is 0 Å². The van der Waals surface area contributed by atoms with Crippen LogP contribution < -0.4 is 4.74 Å². The molecule has 3 aromatic heterocycles. The zero-order valence-electron chi connectivity index (χ0n) is 15.0. The summed E-state index contributed by atoms with van der Waals surface area (Å²) in [6, 6.07) is 11.9. The molecule has 6 nitrogen and oxygen atoms in total. The molecule has 3 heterocycles. The van der Waals surface area contributed by atoms with Gasteiger partial charge in [0.15, 0.2) is 6.61 Å². The topological polar surface area (TPSA) is 76.8 Å². The number of rotatable bonds is 4. The molecule has 4 aromatic rings. The molecule has 132 valence electrons. The largest absolute Gasteiger partial charge is 0.484 e. The minimum atomic E-state index is 0.119. The molecule has 1 aromatic carbocycles. The lowest BCUT2D eigenvalue weighted by molar-refractivity contribution is 0.243. The van der Waals surface area contributed by atoms with Gasteiger partial charge in [-0.15, -0.1) is 0 Å². The highest BCUT2D eigenvalue weighted by atomic mass is 16.5. The number of hydrogen-bond donors (Lipinski definition) is 1. The van der Waals surface area contributed by atoms with E-state index in [0.29, 0.717) is 11.7 Å². The monoisotopic (exact) mass is 348 g/mol. The van der Waals surface area contributed by atoms with Gasteiger partial charge in [-0.25, -0.2) is 4.98 Å². The molecule has 0 unspecified atom stereocenters. The van der Waals surface area contributed by atoms with Crippen molar-refractivity contribution in [3.63, 3.8) is 0 Å². The van der Waals surface area contributed by atoms with E-state index in [4.69, 9.17) is 9.26 Å². The van der Waals surface area contributed by atoms with E-state index in [0.717, 1.165) is 22.3 Å². The second kappa shape index (κ2) is 6.29. The summed E-state index contributed by atoms with van der Waals surface area (Å²) in [7, 11) is 0. The van der Waals surface area contributed by atoms with Gasteiger partial charge in [0.1, 0.15) is 11.4 Å². The van der Waals surface area contributed by atoms with Gasteiger partial charge in [0.25, 0.3) is 5.89 Å². The fourth-order valence-electron chi connectivity index (χ4n) is 2.77. The Morgan fingerprint density at radius 2 is 1.88 bits per heavy atom. The van der Waals surface area contributed by atoms with Crippen LogP contribution in [-0.2, 0) is 12.0 Å². The molecule has 4 rings (SSSR count). The number of pyridine rings is 1. The highest BCUT2D eigenvalue weighted by molar-refractivity contribution is 5.90. The van der Waals surface area contributed by atoms with Crippen molar-refractivity contribution in [1.29, 1.82) is 0 Å². The van der Waals surface area contributed by atoms with Crippen LogP contribution in [0.3, 0.4) is 0 Å². The van der Waals surface area contributed by atoms with Crippen molar-refractivity contribution in [1.82, 2.24) is 20.1 Å². The van der Waals surface area contributed by atoms with Gasteiger partial charge < -0.3 is 14.2 Å². The molecule has 0 aliphatic heterocycles. The van der Waals surface area contributed by atoms with Crippen LogP contribution in [0.15, 0.2) is 53.3 Å². The number of H-pyrrole nitrogens is 1. The number of fused-ring (bicyclic) bond motifs is 1. The second-order valence-electron chi connectivity index (χ2n) is 7.17. The first-order chi connectivity index (χ1) is 12.5. The summed E-state index contributed by atoms with van der Waals surface area (Å²) < 4.78 is 11.1. The molecule has 0 amide bonds. The summed E-state index contributed by atoms with van der Waals surface area (Å²) in [5.74, 6) is 1.73. The van der Waals surface area contributed by atoms with Crippen molar-refractivity contribution >= 4 is 11.0 Å². The highest BCUT2D eigenvalue weighted by Crippen LogP contribution is 2.26. The Labute approximate surface area is 151 Å². The van der Waals surface area contributed by atoms with Crippen LogP contribution in [0.25, 0.3) is 22.4 Å². The van der Waals surface area contributed by atoms with Crippen molar-refractivity contribution in [3.05, 3.63) is 60.2 Å². The predicted octanol–water partition coefficient (Wildman–Crippen LogP) is 4.49. The zero-order chi connectivity index (χ0) is 18.1. The smallest absolute Gasteiger partial charge is 0.264 e. The van der Waals surface area contributed by atoms with Gasteiger partial charge in [-0.05, 0) is 35.2 Å². The first-order valence-electron chi connectivity index (χ1n) is 8.49. The minimum Gasteiger partial charge on any atom is -0.484 e. The number of ether oxygens (including phenoxy) is 1. The number of aromatic nitrogens is 4. The SMILES string of the molecule is CC(C)(C)c1ccc(OCc2nc(-c3ccnc4[nH]ccc34)no2)cc1. The average molecular weight is 348 g/mol. The fraction of sp³-hybridized carbons (Fsp3) is 0.250. The van der Waals surface area contributed by atoms with Gasteiger partial charge in [0.2, 0.25) is 5.82 Å². The van der Waals surface area contributed by atoms with Gasteiger partial charge in [0.05, 0.1) is 0 Å². The third kappa shape index (κ3) is 3.18. The third-order valence-electron chi connectivity index (χ3n) is 4.25. The van der Waals surface area contributed by atoms with Gasteiger partial charge in [-0.3, -0.25) is 0 Å². The molecule has 1 N–H and O–H groups in total. The van der Waals surface area contributed by atoms with Crippen molar-refractivity contribution < 1.29 is 9.26 Å². The maximum atomic E-state index is 5.77. The maximum Gasteiger partial charge on any atom is 0.264 e. The van der Waals surface area contributed by atoms with Gasteiger partial charge in [-0.1, -0.05) is 38.1 Å². The lowest BCUT2D eigenvalue weighted by Gasteiger charge is -2.19. The molecule has 0 aliphatic carbocycles. The summed E-state index contributed by atoms with van der Waals surface area (Å²) in [5, 5.41) is 5.02. The standard InChI is InChI=1S/C20H20N4O2/c1-20(2,3)13-4-6-14(7-5-13)25-12-17-23-19(24-26-17)16-9-11-22-18-15(16)8-10-21-18/h4-11H,12H2,1-3H3,(H,21,22). The molecule has 0 atom stereocenters. The Morgan fingerprint density at radius 3 is 2.65 bits per heavy atom. The van der Waals surface area contributed by atoms with Gasteiger partial charge in [-0.2, -0.15) is 4.98 Å². The first-order valence-corrected chi connectivity index (χ1v) is 8.49. The number of hydrogen-bond acceptors (Lipinski definition) is 5. The summed E-state index contributed by atoms with van der Waals surface area (Å²) in [4.78, 5) is 11.8. The zero-order valence-corrected chi connectivity index (χ0v) is 15.0. The Morgan fingerprint density at radius 1 is 1.08 bits per heavy atom. The summed E-state index contributed by atoms with van der Waals surface area (Å²) in [6.45, 7) is 6.78. The molecule has 26 heavy (non-hydrogen) atoms. The number of nitrogens with one attached hydrogen (secondary N) is 1. The summed E-state index contributed by atoms with van der Waals surface area (Å²) in [6.07, 6.45) is 3.56. The molecular weight excluding hydrogens is 328 g/mol. The van der Waals surface area contributed by atoms with E-state index < -0.39 is 0 Å². The third-order valence-corrected chi connectivity index (χ3v) is 4.25. The Balaban J connectivity index is 1.48. The fourth-order valence-corrected chi connectivity index (χ4v) is 2.77. The van der Waals surface area contributed by atoms with Crippen molar-refractivity contribution in [2.45, 2.75) is 32.8 Å². The predicted molar refractivity (Wildman–Crippen MR) is 98.9 cm³/mol. The van der Waals surface area contributed by atoms with E-state index >= 15 is 0 Å². The van der Waals surface area contributed by atoms with E-state index in [9.17, 15) is 0 Å². The maximum absolute atomic E-state index is 5.77. The Bertz CT molecular complexity index is 1030. The van der Waals surface area contributed by atoms with E-state index in [1.807, 2.05) is 30.5 Å². The molecule has 0 fully saturated rings. The molecule has 6 heteroatoms. The van der Waals surface area contributed by atoms with Crippen molar-refractivity contribution in [2.75, 3.05) is 0 Å². The summed E-state index contributed by atoms with van der Waals surface area (Å²) >= 11 is 0. The lowest BCUT2D eigenvalue weighted by Crippen LogP contribution is -2.10. The van der Waals surface area contributed by atoms with Crippen LogP contribution >= 0.6 is 0 Å². The lowest BCUT2D eigenvalue weighted by atomic mass is 9.87. The normalized spacial score (nSPS) is 11.8. The van der Waals surface area contributed by atoms with E-state index in [1.165, 1.54) is 5.56 Å². The minimum absolute atomic E-state index is 0.119. The molecule has 0 aliphatic rings. The van der Waals surface area contributed by atoms with E-state index in [1.54, 1.807) is 6.20 Å². The van der Waals surface area contributed by atoms with Crippen molar-refractivity contribution in [2.24, 2.45) is 0 Å². The van der Waals surface area contributed by atoms with E-state index in [-0.39, 0.29) is 12.0 Å². The molecule has 0 radical (unpaired) electrons. The van der Waals surface area contributed by atoms with E-state index in [2.05, 4.69) is 53.0 Å². The van der Waals surface area contributed by atoms with Crippen LogP contribution in [-0.4, -0.2) is 20.1 Å². The van der Waals surface area contributed by atoms with Crippen LogP contribution in [0, 0.1) is 0 Å².